The molecule has 16 heavy (non-hydrogen) atoms. The first-order chi connectivity index (χ1) is 7.70. The van der Waals surface area contributed by atoms with Crippen LogP contribution in [0, 0.1) is 6.92 Å². The fraction of sp³-hybridized carbons (Fsp3) is 0.0909. The van der Waals surface area contributed by atoms with Crippen LogP contribution in [0.15, 0.2) is 36.8 Å². The van der Waals surface area contributed by atoms with E-state index in [1.54, 1.807) is 0 Å². The largest absolute Gasteiger partial charge is 0.492 e. The van der Waals surface area contributed by atoms with Crippen molar-refractivity contribution in [1.29, 1.82) is 0 Å². The molecule has 0 saturated heterocycles. The lowest BCUT2D eigenvalue weighted by Gasteiger charge is -2.09. The molecule has 2 aromatic rings. The van der Waals surface area contributed by atoms with Gasteiger partial charge in [0, 0.05) is 17.2 Å². The van der Waals surface area contributed by atoms with Crippen molar-refractivity contribution < 1.29 is 10.0 Å². The van der Waals surface area contributed by atoms with Crippen LogP contribution >= 0.6 is 0 Å². The molecule has 0 aliphatic heterocycles. The molecule has 0 fully saturated rings. The van der Waals surface area contributed by atoms with Gasteiger partial charge >= 0.3 is 7.12 Å². The normalized spacial score (nSPS) is 10.2. The van der Waals surface area contributed by atoms with Crippen molar-refractivity contribution in [2.24, 2.45) is 0 Å². The Labute approximate surface area is 93.8 Å². The van der Waals surface area contributed by atoms with Gasteiger partial charge in [0.05, 0.1) is 5.69 Å². The Morgan fingerprint density at radius 2 is 1.94 bits per heavy atom. The van der Waals surface area contributed by atoms with Gasteiger partial charge in [-0.3, -0.25) is 0 Å². The van der Waals surface area contributed by atoms with Gasteiger partial charge in [0.15, 0.2) is 0 Å². The average molecular weight is 214 g/mol. The van der Waals surface area contributed by atoms with Crippen LogP contribution in [0.1, 0.15) is 5.56 Å². The van der Waals surface area contributed by atoms with Gasteiger partial charge in [0.1, 0.15) is 6.33 Å². The quantitative estimate of drug-likeness (QED) is 0.697. The lowest BCUT2D eigenvalue weighted by molar-refractivity contribution is 0.425. The van der Waals surface area contributed by atoms with Crippen LogP contribution in [0.2, 0.25) is 0 Å². The number of aromatic nitrogens is 2. The third-order valence-electron chi connectivity index (χ3n) is 2.42. The Balaban J connectivity index is 2.60. The summed E-state index contributed by atoms with van der Waals surface area (Å²) in [6.45, 7) is 1.95. The maximum atomic E-state index is 9.23. The van der Waals surface area contributed by atoms with Gasteiger partial charge in [-0.2, -0.15) is 0 Å². The first-order valence-electron chi connectivity index (χ1n) is 4.92. The molecule has 4 nitrogen and oxygen atoms in total. The van der Waals surface area contributed by atoms with E-state index in [9.17, 15) is 10.0 Å². The second-order valence-corrected chi connectivity index (χ2v) is 3.52. The number of aryl methyl sites for hydroxylation is 1. The number of hydrogen-bond donors (Lipinski definition) is 2. The van der Waals surface area contributed by atoms with Crippen molar-refractivity contribution in [3.63, 3.8) is 0 Å². The van der Waals surface area contributed by atoms with Gasteiger partial charge in [-0.15, -0.1) is 0 Å². The summed E-state index contributed by atoms with van der Waals surface area (Å²) in [5.41, 5.74) is 2.79. The standard InChI is InChI=1S/C11H11BN2O2/c1-8-4-2-3-5-9(8)11-10(12(15)16)6-13-7-14-11/h2-7,15-16H,1H3. The van der Waals surface area contributed by atoms with Crippen molar-refractivity contribution >= 4 is 12.6 Å². The van der Waals surface area contributed by atoms with Gasteiger partial charge in [-0.1, -0.05) is 24.3 Å². The van der Waals surface area contributed by atoms with Crippen LogP contribution in [0.5, 0.6) is 0 Å². The maximum Gasteiger partial charge on any atom is 0.492 e. The highest BCUT2D eigenvalue weighted by molar-refractivity contribution is 6.60. The second kappa shape index (κ2) is 4.43. The predicted molar refractivity (Wildman–Crippen MR) is 62.0 cm³/mol. The van der Waals surface area contributed by atoms with Crippen LogP contribution in [-0.4, -0.2) is 27.1 Å². The van der Waals surface area contributed by atoms with Crippen LogP contribution in [0.3, 0.4) is 0 Å². The summed E-state index contributed by atoms with van der Waals surface area (Å²) in [5, 5.41) is 18.5. The van der Waals surface area contributed by atoms with Crippen LogP contribution in [0.4, 0.5) is 0 Å². The zero-order valence-corrected chi connectivity index (χ0v) is 8.83. The lowest BCUT2D eigenvalue weighted by atomic mass is 9.78. The van der Waals surface area contributed by atoms with Crippen LogP contribution < -0.4 is 5.46 Å². The van der Waals surface area contributed by atoms with E-state index in [1.165, 1.54) is 12.5 Å². The van der Waals surface area contributed by atoms with Gasteiger partial charge in [-0.05, 0) is 12.5 Å². The highest BCUT2D eigenvalue weighted by Crippen LogP contribution is 2.18. The third-order valence-corrected chi connectivity index (χ3v) is 2.42. The Bertz CT molecular complexity index is 503. The van der Waals surface area contributed by atoms with Gasteiger partial charge in [0.2, 0.25) is 0 Å². The number of hydrogen-bond acceptors (Lipinski definition) is 4. The summed E-state index contributed by atoms with van der Waals surface area (Å²) in [5.74, 6) is 0. The van der Waals surface area contributed by atoms with Gasteiger partial charge < -0.3 is 10.0 Å². The van der Waals surface area contributed by atoms with E-state index in [2.05, 4.69) is 9.97 Å². The minimum atomic E-state index is -1.56. The molecule has 0 bridgehead atoms. The van der Waals surface area contributed by atoms with Crippen molar-refractivity contribution in [2.75, 3.05) is 0 Å². The average Bonchev–Trinajstić information content (AvgIpc) is 2.29. The molecule has 0 spiro atoms. The fourth-order valence-electron chi connectivity index (χ4n) is 1.59. The van der Waals surface area contributed by atoms with E-state index in [0.29, 0.717) is 11.2 Å². The van der Waals surface area contributed by atoms with Crippen molar-refractivity contribution in [1.82, 2.24) is 9.97 Å². The first kappa shape index (κ1) is 10.8. The molecule has 0 atom stereocenters. The third kappa shape index (κ3) is 1.96. The summed E-state index contributed by atoms with van der Waals surface area (Å²) >= 11 is 0. The van der Waals surface area contributed by atoms with Gasteiger partial charge in [0.25, 0.3) is 0 Å². The van der Waals surface area contributed by atoms with Crippen LogP contribution in [0.25, 0.3) is 11.3 Å². The maximum absolute atomic E-state index is 9.23. The molecule has 0 aliphatic carbocycles. The Kier molecular flexibility index (Phi) is 2.98. The van der Waals surface area contributed by atoms with E-state index >= 15 is 0 Å². The van der Waals surface area contributed by atoms with E-state index in [4.69, 9.17) is 0 Å². The molecule has 2 rings (SSSR count). The van der Waals surface area contributed by atoms with E-state index in [0.717, 1.165) is 11.1 Å². The zero-order valence-electron chi connectivity index (χ0n) is 8.83. The molecule has 80 valence electrons. The van der Waals surface area contributed by atoms with Gasteiger partial charge in [-0.25, -0.2) is 9.97 Å². The SMILES string of the molecule is Cc1ccccc1-c1ncncc1B(O)O. The van der Waals surface area contributed by atoms with E-state index in [1.807, 2.05) is 31.2 Å². The molecule has 5 heteroatoms. The summed E-state index contributed by atoms with van der Waals surface area (Å²) in [4.78, 5) is 7.89. The summed E-state index contributed by atoms with van der Waals surface area (Å²) in [7, 11) is -1.56. The highest BCUT2D eigenvalue weighted by Gasteiger charge is 2.18. The summed E-state index contributed by atoms with van der Waals surface area (Å²) < 4.78 is 0. The fourth-order valence-corrected chi connectivity index (χ4v) is 1.59. The first-order valence-corrected chi connectivity index (χ1v) is 4.92. The van der Waals surface area contributed by atoms with Crippen molar-refractivity contribution in [2.45, 2.75) is 6.92 Å². The topological polar surface area (TPSA) is 66.2 Å². The summed E-state index contributed by atoms with van der Waals surface area (Å²) in [6, 6.07) is 7.65. The highest BCUT2D eigenvalue weighted by atomic mass is 16.4. The molecule has 1 heterocycles. The molecule has 0 amide bonds. The Morgan fingerprint density at radius 1 is 1.19 bits per heavy atom. The smallest absolute Gasteiger partial charge is 0.423 e. The molecule has 2 N–H and O–H groups in total. The molecule has 0 aliphatic rings. The van der Waals surface area contributed by atoms with E-state index < -0.39 is 7.12 Å². The van der Waals surface area contributed by atoms with Crippen LogP contribution in [-0.2, 0) is 0 Å². The Hall–Kier alpha value is -1.72. The molecule has 0 saturated carbocycles. The Morgan fingerprint density at radius 3 is 2.62 bits per heavy atom. The number of nitrogens with zero attached hydrogens (tertiary/aromatic N) is 2. The second-order valence-electron chi connectivity index (χ2n) is 3.52. The molecule has 1 aromatic carbocycles. The number of rotatable bonds is 2. The molecule has 0 radical (unpaired) electrons. The molecule has 1 aromatic heterocycles. The monoisotopic (exact) mass is 214 g/mol. The van der Waals surface area contributed by atoms with Crippen molar-refractivity contribution in [3.8, 4) is 11.3 Å². The van der Waals surface area contributed by atoms with E-state index in [-0.39, 0.29) is 0 Å². The molecule has 0 unspecified atom stereocenters. The number of benzene rings is 1. The molecular weight excluding hydrogens is 203 g/mol. The predicted octanol–water partition coefficient (Wildman–Crippen LogP) is 0.132. The summed E-state index contributed by atoms with van der Waals surface area (Å²) in [6.07, 6.45) is 2.81. The zero-order chi connectivity index (χ0) is 11.5. The minimum absolute atomic E-state index is 0.316. The minimum Gasteiger partial charge on any atom is -0.423 e. The lowest BCUT2D eigenvalue weighted by Crippen LogP contribution is -2.32. The van der Waals surface area contributed by atoms with Crippen molar-refractivity contribution in [3.05, 3.63) is 42.4 Å². The molecular formula is C11H11BN2O2.